The molecule has 1 aromatic carbocycles. The third-order valence-electron chi connectivity index (χ3n) is 7.99. The van der Waals surface area contributed by atoms with E-state index in [2.05, 4.69) is 10.6 Å². The molecule has 1 aliphatic heterocycles. The number of nitrogens with one attached hydrogen (secondary N) is 2. The van der Waals surface area contributed by atoms with Crippen molar-refractivity contribution in [3.05, 3.63) is 35.4 Å². The Morgan fingerprint density at radius 3 is 1.97 bits per heavy atom. The lowest BCUT2D eigenvalue weighted by Crippen LogP contribution is -2.62. The summed E-state index contributed by atoms with van der Waals surface area (Å²) in [4.78, 5) is 64.3. The summed E-state index contributed by atoms with van der Waals surface area (Å²) in [5.74, 6) is -1.26. The molecule has 1 aromatic rings. The average Bonchev–Trinajstić information content (AvgIpc) is 3.02. The Balaban J connectivity index is 1.16. The average molecular weight is 482 g/mol. The zero-order valence-corrected chi connectivity index (χ0v) is 20.0. The number of carbonyl (C=O) groups excluding carboxylic acids is 5. The third kappa shape index (κ3) is 4.32. The van der Waals surface area contributed by atoms with Gasteiger partial charge in [-0.1, -0.05) is 26.0 Å². The van der Waals surface area contributed by atoms with Crippen molar-refractivity contribution in [3.8, 4) is 0 Å². The van der Waals surface area contributed by atoms with Crippen LogP contribution in [0, 0.1) is 23.7 Å². The highest BCUT2D eigenvalue weighted by Gasteiger charge is 2.51. The second-order valence-electron chi connectivity index (χ2n) is 11.0. The summed E-state index contributed by atoms with van der Waals surface area (Å²) in [5, 5.41) is 5.31. The molecular formula is C26H31N3O6. The number of imide groups is 2. The number of nitrogens with zero attached hydrogens (tertiary/aromatic N) is 1. The molecule has 9 nitrogen and oxygen atoms in total. The molecule has 0 unspecified atom stereocenters. The van der Waals surface area contributed by atoms with Crippen LogP contribution >= 0.6 is 0 Å². The Morgan fingerprint density at radius 2 is 1.49 bits per heavy atom. The lowest BCUT2D eigenvalue weighted by atomic mass is 9.53. The fourth-order valence-corrected chi connectivity index (χ4v) is 7.06. The standard InChI is InChI=1S/C26H31N3O6/c1-14(2)21(29-22(31)18-5-3-4-6-19(18)23(29)32)24(33)35-13-20(30)27-25(34)28-26-10-15-7-16(11-26)9-17(8-15)12-26/h3-6,14-17,21H,7-13H2,1-2H3,(H2,27,28,30,34)/t15?,16?,17?,21-,26?/m0/s1. The van der Waals surface area contributed by atoms with Crippen LogP contribution in [0.2, 0.25) is 0 Å². The molecule has 6 rings (SSSR count). The van der Waals surface area contributed by atoms with Crippen LogP contribution in [0.1, 0.15) is 73.1 Å². The topological polar surface area (TPSA) is 122 Å². The summed E-state index contributed by atoms with van der Waals surface area (Å²) in [7, 11) is 0. The minimum atomic E-state index is -1.18. The van der Waals surface area contributed by atoms with Gasteiger partial charge in [-0.2, -0.15) is 0 Å². The smallest absolute Gasteiger partial charge is 0.330 e. The largest absolute Gasteiger partial charge is 0.454 e. The molecule has 35 heavy (non-hydrogen) atoms. The molecule has 4 bridgehead atoms. The number of hydrogen-bond acceptors (Lipinski definition) is 6. The van der Waals surface area contributed by atoms with Crippen LogP contribution in [0.3, 0.4) is 0 Å². The molecule has 0 spiro atoms. The van der Waals surface area contributed by atoms with E-state index in [1.807, 2.05) is 0 Å². The second-order valence-corrected chi connectivity index (χ2v) is 11.0. The number of hydrogen-bond donors (Lipinski definition) is 2. The summed E-state index contributed by atoms with van der Waals surface area (Å²) in [6.45, 7) is 2.70. The molecular weight excluding hydrogens is 450 g/mol. The van der Waals surface area contributed by atoms with Crippen LogP contribution in [0.4, 0.5) is 4.79 Å². The normalized spacial score (nSPS) is 29.2. The number of fused-ring (bicyclic) bond motifs is 1. The highest BCUT2D eigenvalue weighted by Crippen LogP contribution is 2.55. The maximum absolute atomic E-state index is 12.9. The number of urea groups is 1. The van der Waals surface area contributed by atoms with Gasteiger partial charge in [-0.15, -0.1) is 0 Å². The Labute approximate surface area is 203 Å². The van der Waals surface area contributed by atoms with Gasteiger partial charge in [0.2, 0.25) is 0 Å². The second kappa shape index (κ2) is 8.77. The van der Waals surface area contributed by atoms with Crippen LogP contribution in [0.25, 0.3) is 0 Å². The molecule has 2 N–H and O–H groups in total. The highest BCUT2D eigenvalue weighted by atomic mass is 16.5. The van der Waals surface area contributed by atoms with Crippen LogP contribution < -0.4 is 10.6 Å². The molecule has 1 heterocycles. The van der Waals surface area contributed by atoms with Gasteiger partial charge < -0.3 is 10.1 Å². The molecule has 186 valence electrons. The summed E-state index contributed by atoms with van der Waals surface area (Å²) < 4.78 is 5.15. The van der Waals surface area contributed by atoms with Gasteiger partial charge in [0.25, 0.3) is 17.7 Å². The number of benzene rings is 1. The fourth-order valence-electron chi connectivity index (χ4n) is 7.06. The number of carbonyl (C=O) groups is 5. The van der Waals surface area contributed by atoms with Gasteiger partial charge in [0.1, 0.15) is 6.04 Å². The molecule has 4 aliphatic carbocycles. The van der Waals surface area contributed by atoms with Gasteiger partial charge in [0.15, 0.2) is 6.61 Å². The summed E-state index contributed by atoms with van der Waals surface area (Å²) in [6, 6.07) is 4.61. The van der Waals surface area contributed by atoms with E-state index < -0.39 is 48.3 Å². The molecule has 1 atom stereocenters. The molecule has 4 fully saturated rings. The third-order valence-corrected chi connectivity index (χ3v) is 7.99. The number of ether oxygens (including phenoxy) is 1. The molecule has 0 radical (unpaired) electrons. The van der Waals surface area contributed by atoms with Crippen molar-refractivity contribution in [3.63, 3.8) is 0 Å². The van der Waals surface area contributed by atoms with Gasteiger partial charge in [-0.3, -0.25) is 24.6 Å². The first-order valence-corrected chi connectivity index (χ1v) is 12.4. The van der Waals surface area contributed by atoms with E-state index in [9.17, 15) is 24.0 Å². The molecule has 4 saturated carbocycles. The van der Waals surface area contributed by atoms with E-state index in [0.29, 0.717) is 17.8 Å². The zero-order chi connectivity index (χ0) is 24.9. The van der Waals surface area contributed by atoms with E-state index in [4.69, 9.17) is 4.74 Å². The van der Waals surface area contributed by atoms with E-state index in [1.54, 1.807) is 26.0 Å². The fraction of sp³-hybridized carbons (Fsp3) is 0.577. The minimum Gasteiger partial charge on any atom is -0.454 e. The monoisotopic (exact) mass is 481 g/mol. The quantitative estimate of drug-likeness (QED) is 0.476. The Bertz CT molecular complexity index is 1030. The molecule has 0 saturated heterocycles. The van der Waals surface area contributed by atoms with Crippen molar-refractivity contribution in [2.75, 3.05) is 6.61 Å². The first-order valence-electron chi connectivity index (χ1n) is 12.4. The highest BCUT2D eigenvalue weighted by molar-refractivity contribution is 6.22. The van der Waals surface area contributed by atoms with Crippen LogP contribution in [0.5, 0.6) is 0 Å². The first kappa shape index (κ1) is 23.5. The predicted molar refractivity (Wildman–Crippen MR) is 124 cm³/mol. The van der Waals surface area contributed by atoms with Gasteiger partial charge in [-0.25, -0.2) is 9.59 Å². The van der Waals surface area contributed by atoms with Crippen molar-refractivity contribution in [2.45, 2.75) is 64.0 Å². The van der Waals surface area contributed by atoms with Crippen LogP contribution in [-0.2, 0) is 14.3 Å². The van der Waals surface area contributed by atoms with Gasteiger partial charge in [0.05, 0.1) is 11.1 Å². The summed E-state index contributed by atoms with van der Waals surface area (Å²) in [6.07, 6.45) is 6.56. The van der Waals surface area contributed by atoms with Crippen LogP contribution in [-0.4, -0.2) is 52.8 Å². The maximum Gasteiger partial charge on any atom is 0.330 e. The number of esters is 1. The first-order chi connectivity index (χ1) is 16.7. The number of rotatable bonds is 6. The number of amides is 5. The SMILES string of the molecule is CC(C)[C@@H](C(=O)OCC(=O)NC(=O)NC12CC3CC(CC(C3)C1)C2)N1C(=O)c2ccccc2C1=O. The zero-order valence-electron chi connectivity index (χ0n) is 20.0. The van der Waals surface area contributed by atoms with E-state index >= 15 is 0 Å². The molecule has 5 amide bonds. The maximum atomic E-state index is 12.9. The van der Waals surface area contributed by atoms with Crippen LogP contribution in [0.15, 0.2) is 24.3 Å². The van der Waals surface area contributed by atoms with Crippen molar-refractivity contribution in [2.24, 2.45) is 23.7 Å². The summed E-state index contributed by atoms with van der Waals surface area (Å²) in [5.41, 5.74) is 0.217. The van der Waals surface area contributed by atoms with Gasteiger partial charge >= 0.3 is 12.0 Å². The summed E-state index contributed by atoms with van der Waals surface area (Å²) >= 11 is 0. The Hall–Kier alpha value is -3.23. The predicted octanol–water partition coefficient (Wildman–Crippen LogP) is 2.65. The van der Waals surface area contributed by atoms with E-state index in [0.717, 1.165) is 24.2 Å². The lowest BCUT2D eigenvalue weighted by Gasteiger charge is -2.56. The lowest BCUT2D eigenvalue weighted by molar-refractivity contribution is -0.153. The van der Waals surface area contributed by atoms with Crippen molar-refractivity contribution in [1.29, 1.82) is 0 Å². The van der Waals surface area contributed by atoms with Gasteiger partial charge in [-0.05, 0) is 74.3 Å². The van der Waals surface area contributed by atoms with Crippen molar-refractivity contribution in [1.82, 2.24) is 15.5 Å². The van der Waals surface area contributed by atoms with E-state index in [1.165, 1.54) is 31.4 Å². The molecule has 0 aromatic heterocycles. The molecule has 5 aliphatic rings. The Kier molecular flexibility index (Phi) is 5.89. The van der Waals surface area contributed by atoms with E-state index in [-0.39, 0.29) is 16.7 Å². The Morgan fingerprint density at radius 1 is 0.971 bits per heavy atom. The molecule has 9 heteroatoms. The minimum absolute atomic E-state index is 0.232. The van der Waals surface area contributed by atoms with Gasteiger partial charge in [0, 0.05) is 5.54 Å². The van der Waals surface area contributed by atoms with Crippen molar-refractivity contribution < 1.29 is 28.7 Å². The van der Waals surface area contributed by atoms with Crippen molar-refractivity contribution >= 4 is 29.7 Å².